The molecule has 7 nitrogen and oxygen atoms in total. The smallest absolute Gasteiger partial charge is 0.278 e. The molecule has 0 saturated carbocycles. The average Bonchev–Trinajstić information content (AvgIpc) is 3.07. The summed E-state index contributed by atoms with van der Waals surface area (Å²) in [6, 6.07) is 14.1. The number of fused-ring (bicyclic) bond motifs is 1. The van der Waals surface area contributed by atoms with E-state index in [9.17, 15) is 4.79 Å². The van der Waals surface area contributed by atoms with Gasteiger partial charge in [-0.15, -0.1) is 5.10 Å². The lowest BCUT2D eigenvalue weighted by Crippen LogP contribution is -2.25. The highest BCUT2D eigenvalue weighted by molar-refractivity contribution is 6.30. The van der Waals surface area contributed by atoms with Crippen LogP contribution in [0.2, 0.25) is 5.02 Å². The number of benzene rings is 2. The molecule has 0 atom stereocenters. The van der Waals surface area contributed by atoms with Crippen molar-refractivity contribution in [3.8, 4) is 11.5 Å². The minimum Gasteiger partial charge on any atom is -0.334 e. The van der Waals surface area contributed by atoms with Gasteiger partial charge < -0.3 is 4.52 Å². The van der Waals surface area contributed by atoms with Crippen molar-refractivity contribution in [3.63, 3.8) is 0 Å². The first kappa shape index (κ1) is 14.5. The quantitative estimate of drug-likeness (QED) is 0.570. The first-order valence-electron chi connectivity index (χ1n) is 7.12. The van der Waals surface area contributed by atoms with Crippen LogP contribution in [0.5, 0.6) is 0 Å². The maximum atomic E-state index is 12.4. The number of hydrogen-bond donors (Lipinski definition) is 0. The SMILES string of the molecule is O=c1c2ccccc2nnn1Cc1noc(-c2ccc(Cl)cc2)n1. The number of hydrogen-bond acceptors (Lipinski definition) is 6. The second-order valence-corrected chi connectivity index (χ2v) is 5.53. The molecule has 0 unspecified atom stereocenters. The molecule has 0 radical (unpaired) electrons. The van der Waals surface area contributed by atoms with Crippen LogP contribution in [-0.4, -0.2) is 25.1 Å². The van der Waals surface area contributed by atoms with E-state index in [0.29, 0.717) is 27.6 Å². The van der Waals surface area contributed by atoms with Gasteiger partial charge in [-0.2, -0.15) is 4.98 Å². The van der Waals surface area contributed by atoms with Gasteiger partial charge >= 0.3 is 0 Å². The van der Waals surface area contributed by atoms with E-state index < -0.39 is 0 Å². The molecule has 8 heteroatoms. The number of aromatic nitrogens is 5. The molecule has 0 aliphatic carbocycles. The van der Waals surface area contributed by atoms with Crippen molar-refractivity contribution < 1.29 is 4.52 Å². The highest BCUT2D eigenvalue weighted by Gasteiger charge is 2.12. The third-order valence-corrected chi connectivity index (χ3v) is 3.73. The number of nitrogens with zero attached hydrogens (tertiary/aromatic N) is 5. The van der Waals surface area contributed by atoms with Crippen LogP contribution in [0.3, 0.4) is 0 Å². The zero-order valence-corrected chi connectivity index (χ0v) is 13.0. The Morgan fingerprint density at radius 1 is 1.08 bits per heavy atom. The minimum absolute atomic E-state index is 0.0771. The molecule has 0 saturated heterocycles. The summed E-state index contributed by atoms with van der Waals surface area (Å²) >= 11 is 5.86. The largest absolute Gasteiger partial charge is 0.334 e. The molecule has 0 aliphatic rings. The minimum atomic E-state index is -0.251. The number of rotatable bonds is 3. The van der Waals surface area contributed by atoms with E-state index in [2.05, 4.69) is 20.5 Å². The van der Waals surface area contributed by atoms with E-state index in [4.69, 9.17) is 16.1 Å². The fourth-order valence-electron chi connectivity index (χ4n) is 2.29. The summed E-state index contributed by atoms with van der Waals surface area (Å²) in [5.74, 6) is 0.690. The van der Waals surface area contributed by atoms with E-state index in [1.54, 1.807) is 48.5 Å². The standard InChI is InChI=1S/C16H10ClN5O2/c17-11-7-5-10(6-8-11)15-18-14(20-24-15)9-22-16(23)12-3-1-2-4-13(12)19-21-22/h1-8H,9H2. The van der Waals surface area contributed by atoms with Gasteiger partial charge in [0.15, 0.2) is 5.82 Å². The Morgan fingerprint density at radius 2 is 1.88 bits per heavy atom. The number of halogens is 1. The first-order valence-corrected chi connectivity index (χ1v) is 7.49. The summed E-state index contributed by atoms with van der Waals surface area (Å²) in [4.78, 5) is 16.7. The lowest BCUT2D eigenvalue weighted by atomic mass is 10.2. The molecule has 4 rings (SSSR count). The van der Waals surface area contributed by atoms with Crippen molar-refractivity contribution in [2.45, 2.75) is 6.54 Å². The molecule has 0 aliphatic heterocycles. The zero-order chi connectivity index (χ0) is 16.5. The second-order valence-electron chi connectivity index (χ2n) is 5.09. The first-order chi connectivity index (χ1) is 11.7. The summed E-state index contributed by atoms with van der Waals surface area (Å²) < 4.78 is 6.43. The zero-order valence-electron chi connectivity index (χ0n) is 12.3. The van der Waals surface area contributed by atoms with Gasteiger partial charge in [0.1, 0.15) is 12.1 Å². The summed E-state index contributed by atoms with van der Waals surface area (Å²) in [7, 11) is 0. The maximum absolute atomic E-state index is 12.4. The molecule has 0 bridgehead atoms. The highest BCUT2D eigenvalue weighted by Crippen LogP contribution is 2.19. The van der Waals surface area contributed by atoms with Gasteiger partial charge in [-0.3, -0.25) is 4.79 Å². The Bertz CT molecular complexity index is 1070. The topological polar surface area (TPSA) is 86.7 Å². The van der Waals surface area contributed by atoms with E-state index in [-0.39, 0.29) is 12.1 Å². The molecule has 0 N–H and O–H groups in total. The maximum Gasteiger partial charge on any atom is 0.278 e. The van der Waals surface area contributed by atoms with Crippen molar-refractivity contribution in [2.75, 3.05) is 0 Å². The third kappa shape index (κ3) is 2.65. The van der Waals surface area contributed by atoms with Gasteiger partial charge in [0.05, 0.1) is 5.39 Å². The van der Waals surface area contributed by atoms with Crippen molar-refractivity contribution >= 4 is 22.5 Å². The molecule has 0 spiro atoms. The normalized spacial score (nSPS) is 11.0. The Hall–Kier alpha value is -3.06. The van der Waals surface area contributed by atoms with E-state index in [1.807, 2.05) is 0 Å². The van der Waals surface area contributed by atoms with Gasteiger partial charge in [-0.1, -0.05) is 34.1 Å². The van der Waals surface area contributed by atoms with Crippen molar-refractivity contribution in [1.29, 1.82) is 0 Å². The molecule has 24 heavy (non-hydrogen) atoms. The van der Waals surface area contributed by atoms with Gasteiger partial charge in [0, 0.05) is 10.6 Å². The summed E-state index contributed by atoms with van der Waals surface area (Å²) in [6.45, 7) is 0.0771. The lowest BCUT2D eigenvalue weighted by molar-refractivity contribution is 0.417. The molecule has 4 aromatic rings. The van der Waals surface area contributed by atoms with Crippen molar-refractivity contribution in [3.05, 3.63) is 69.7 Å². The molecule has 2 heterocycles. The fraction of sp³-hybridized carbons (Fsp3) is 0.0625. The van der Waals surface area contributed by atoms with Crippen LogP contribution < -0.4 is 5.56 Å². The van der Waals surface area contributed by atoms with Crippen molar-refractivity contribution in [2.24, 2.45) is 0 Å². The van der Waals surface area contributed by atoms with E-state index >= 15 is 0 Å². The summed E-state index contributed by atoms with van der Waals surface area (Å²) in [6.07, 6.45) is 0. The predicted molar refractivity (Wildman–Crippen MR) is 87.6 cm³/mol. The van der Waals surface area contributed by atoms with Crippen molar-refractivity contribution in [1.82, 2.24) is 25.1 Å². The van der Waals surface area contributed by atoms with Gasteiger partial charge in [-0.05, 0) is 36.4 Å². The van der Waals surface area contributed by atoms with Crippen LogP contribution in [0.4, 0.5) is 0 Å². The van der Waals surface area contributed by atoms with Gasteiger partial charge in [-0.25, -0.2) is 4.68 Å². The third-order valence-electron chi connectivity index (χ3n) is 3.48. The van der Waals surface area contributed by atoms with Gasteiger partial charge in [0.2, 0.25) is 0 Å². The second kappa shape index (κ2) is 5.86. The molecule has 0 amide bonds. The van der Waals surface area contributed by atoms with Crippen LogP contribution in [0.25, 0.3) is 22.4 Å². The summed E-state index contributed by atoms with van der Waals surface area (Å²) in [5.41, 5.74) is 1.04. The van der Waals surface area contributed by atoms with Crippen LogP contribution in [0.15, 0.2) is 57.8 Å². The predicted octanol–water partition coefficient (Wildman–Crippen LogP) is 2.54. The molecule has 118 valence electrons. The Morgan fingerprint density at radius 3 is 2.71 bits per heavy atom. The highest BCUT2D eigenvalue weighted by atomic mass is 35.5. The van der Waals surface area contributed by atoms with Crippen LogP contribution in [-0.2, 0) is 6.54 Å². The molecule has 0 fully saturated rings. The molecule has 2 aromatic heterocycles. The Labute approximate surface area is 140 Å². The van der Waals surface area contributed by atoms with Crippen LogP contribution >= 0.6 is 11.6 Å². The Balaban J connectivity index is 1.66. The molecule has 2 aromatic carbocycles. The molecular formula is C16H10ClN5O2. The van der Waals surface area contributed by atoms with E-state index in [0.717, 1.165) is 5.56 Å². The summed E-state index contributed by atoms with van der Waals surface area (Å²) in [5, 5.41) is 12.9. The molecular weight excluding hydrogens is 330 g/mol. The Kier molecular flexibility index (Phi) is 3.55. The monoisotopic (exact) mass is 339 g/mol. The lowest BCUT2D eigenvalue weighted by Gasteiger charge is -2.01. The van der Waals surface area contributed by atoms with Crippen LogP contribution in [0, 0.1) is 0 Å². The van der Waals surface area contributed by atoms with E-state index in [1.165, 1.54) is 4.68 Å². The van der Waals surface area contributed by atoms with Crippen LogP contribution in [0.1, 0.15) is 5.82 Å². The van der Waals surface area contributed by atoms with Gasteiger partial charge in [0.25, 0.3) is 11.4 Å². The fourth-order valence-corrected chi connectivity index (χ4v) is 2.41. The average molecular weight is 340 g/mol.